The molecular formula is C25H22ClN7. The van der Waals surface area contributed by atoms with Crippen LogP contribution in [0.15, 0.2) is 91.1 Å². The highest BCUT2D eigenvalue weighted by Gasteiger charge is 2.16. The molecule has 7 nitrogen and oxygen atoms in total. The summed E-state index contributed by atoms with van der Waals surface area (Å²) in [5.74, 6) is 0.771. The Kier molecular flexibility index (Phi) is 5.97. The van der Waals surface area contributed by atoms with E-state index in [1.807, 2.05) is 89.6 Å². The van der Waals surface area contributed by atoms with E-state index < -0.39 is 0 Å². The fourth-order valence-electron chi connectivity index (χ4n) is 3.75. The second-order valence-electron chi connectivity index (χ2n) is 7.80. The van der Waals surface area contributed by atoms with Gasteiger partial charge in [-0.2, -0.15) is 9.78 Å². The van der Waals surface area contributed by atoms with Crippen molar-refractivity contribution in [3.8, 4) is 22.6 Å². The van der Waals surface area contributed by atoms with Crippen LogP contribution in [-0.2, 0) is 13.1 Å². The number of hydrogen-bond donors (Lipinski definition) is 0. The molecule has 0 spiro atoms. The van der Waals surface area contributed by atoms with Gasteiger partial charge in [0.2, 0.25) is 0 Å². The quantitative estimate of drug-likeness (QED) is 0.352. The summed E-state index contributed by atoms with van der Waals surface area (Å²) >= 11 is 6.11. The summed E-state index contributed by atoms with van der Waals surface area (Å²) in [6, 6.07) is 27.8. The van der Waals surface area contributed by atoms with E-state index in [2.05, 4.69) is 33.7 Å². The van der Waals surface area contributed by atoms with Gasteiger partial charge in [0.15, 0.2) is 5.82 Å². The van der Waals surface area contributed by atoms with Crippen LogP contribution >= 0.6 is 11.6 Å². The Morgan fingerprint density at radius 2 is 1.48 bits per heavy atom. The van der Waals surface area contributed by atoms with E-state index >= 15 is 0 Å². The molecule has 0 aliphatic carbocycles. The van der Waals surface area contributed by atoms with E-state index in [1.165, 1.54) is 0 Å². The lowest BCUT2D eigenvalue weighted by Gasteiger charge is -2.16. The molecule has 0 bridgehead atoms. The maximum Gasteiger partial charge on any atom is 0.170 e. The topological polar surface area (TPSA) is 64.7 Å². The summed E-state index contributed by atoms with van der Waals surface area (Å²) in [6.45, 7) is 1.25. The van der Waals surface area contributed by atoms with Gasteiger partial charge < -0.3 is 0 Å². The highest BCUT2D eigenvalue weighted by molar-refractivity contribution is 6.30. The molecule has 0 fully saturated rings. The third kappa shape index (κ3) is 4.69. The number of benzene rings is 3. The number of para-hydroxylation sites is 2. The van der Waals surface area contributed by atoms with Crippen LogP contribution in [0.2, 0.25) is 5.02 Å². The number of tetrazole rings is 1. The normalized spacial score (nSPS) is 11.2. The number of hydrogen-bond acceptors (Lipinski definition) is 5. The zero-order valence-corrected chi connectivity index (χ0v) is 18.8. The first kappa shape index (κ1) is 21.1. The SMILES string of the molecule is CN(Cc1cn(-c2ccccc2)nc1-c1ccc(Cl)cc1)Cc1nnnn1-c1ccccc1. The summed E-state index contributed by atoms with van der Waals surface area (Å²) in [7, 11) is 2.05. The molecule has 3 aromatic carbocycles. The Morgan fingerprint density at radius 3 is 2.18 bits per heavy atom. The second-order valence-corrected chi connectivity index (χ2v) is 8.24. The van der Waals surface area contributed by atoms with Crippen molar-refractivity contribution < 1.29 is 0 Å². The molecule has 164 valence electrons. The number of rotatable bonds is 7. The van der Waals surface area contributed by atoms with Gasteiger partial charge in [-0.25, -0.2) is 4.68 Å². The van der Waals surface area contributed by atoms with Gasteiger partial charge in [0.25, 0.3) is 0 Å². The van der Waals surface area contributed by atoms with Crippen molar-refractivity contribution in [1.82, 2.24) is 34.9 Å². The van der Waals surface area contributed by atoms with E-state index in [0.29, 0.717) is 18.1 Å². The Hall–Kier alpha value is -3.81. The lowest BCUT2D eigenvalue weighted by atomic mass is 10.1. The molecule has 8 heteroatoms. The largest absolute Gasteiger partial charge is 0.295 e. The molecule has 5 aromatic rings. The first-order valence-electron chi connectivity index (χ1n) is 10.6. The summed E-state index contributed by atoms with van der Waals surface area (Å²) in [5.41, 5.74) is 4.98. The van der Waals surface area contributed by atoms with Gasteiger partial charge in [0.1, 0.15) is 0 Å². The Bertz CT molecular complexity index is 1330. The molecule has 0 atom stereocenters. The van der Waals surface area contributed by atoms with Crippen LogP contribution in [0.5, 0.6) is 0 Å². The molecule has 0 saturated carbocycles. The number of nitrogens with zero attached hydrogens (tertiary/aromatic N) is 7. The molecule has 2 heterocycles. The lowest BCUT2D eigenvalue weighted by molar-refractivity contribution is 0.308. The third-order valence-electron chi connectivity index (χ3n) is 5.31. The molecule has 0 radical (unpaired) electrons. The molecule has 5 rings (SSSR count). The van der Waals surface area contributed by atoms with Crippen LogP contribution in [0.4, 0.5) is 0 Å². The maximum absolute atomic E-state index is 6.11. The zero-order valence-electron chi connectivity index (χ0n) is 18.1. The molecule has 0 N–H and O–H groups in total. The predicted molar refractivity (Wildman–Crippen MR) is 128 cm³/mol. The Labute approximate surface area is 196 Å². The second kappa shape index (κ2) is 9.36. The third-order valence-corrected chi connectivity index (χ3v) is 5.57. The number of halogens is 1. The molecule has 2 aromatic heterocycles. The summed E-state index contributed by atoms with van der Waals surface area (Å²) < 4.78 is 3.69. The highest BCUT2D eigenvalue weighted by atomic mass is 35.5. The van der Waals surface area contributed by atoms with E-state index in [1.54, 1.807) is 4.68 Å². The van der Waals surface area contributed by atoms with E-state index in [9.17, 15) is 0 Å². The van der Waals surface area contributed by atoms with Gasteiger partial charge in [0, 0.05) is 28.9 Å². The lowest BCUT2D eigenvalue weighted by Crippen LogP contribution is -2.20. The van der Waals surface area contributed by atoms with Crippen molar-refractivity contribution >= 4 is 11.6 Å². The van der Waals surface area contributed by atoms with E-state index in [-0.39, 0.29) is 0 Å². The molecule has 0 saturated heterocycles. The molecular weight excluding hydrogens is 434 g/mol. The van der Waals surface area contributed by atoms with Crippen molar-refractivity contribution in [3.05, 3.63) is 108 Å². The molecule has 0 aliphatic rings. The van der Waals surface area contributed by atoms with Crippen molar-refractivity contribution in [3.63, 3.8) is 0 Å². The Balaban J connectivity index is 1.43. The van der Waals surface area contributed by atoms with Crippen LogP contribution in [0.25, 0.3) is 22.6 Å². The minimum atomic E-state index is 0.582. The summed E-state index contributed by atoms with van der Waals surface area (Å²) in [6.07, 6.45) is 2.08. The van der Waals surface area contributed by atoms with Gasteiger partial charge in [-0.05, 0) is 53.9 Å². The minimum absolute atomic E-state index is 0.582. The smallest absolute Gasteiger partial charge is 0.170 e. The summed E-state index contributed by atoms with van der Waals surface area (Å²) in [4.78, 5) is 2.18. The minimum Gasteiger partial charge on any atom is -0.295 e. The van der Waals surface area contributed by atoms with Crippen LogP contribution in [0.1, 0.15) is 11.4 Å². The Morgan fingerprint density at radius 1 is 0.818 bits per heavy atom. The molecule has 0 aliphatic heterocycles. The van der Waals surface area contributed by atoms with Crippen LogP contribution in [0, 0.1) is 0 Å². The van der Waals surface area contributed by atoms with Crippen molar-refractivity contribution in [2.24, 2.45) is 0 Å². The van der Waals surface area contributed by atoms with Crippen molar-refractivity contribution in [2.75, 3.05) is 7.05 Å². The average molecular weight is 456 g/mol. The van der Waals surface area contributed by atoms with Gasteiger partial charge in [-0.1, -0.05) is 60.1 Å². The monoisotopic (exact) mass is 455 g/mol. The van der Waals surface area contributed by atoms with E-state index in [4.69, 9.17) is 16.7 Å². The van der Waals surface area contributed by atoms with Crippen molar-refractivity contribution in [1.29, 1.82) is 0 Å². The van der Waals surface area contributed by atoms with E-state index in [0.717, 1.165) is 34.0 Å². The molecule has 0 amide bonds. The molecule has 0 unspecified atom stereocenters. The van der Waals surface area contributed by atoms with Gasteiger partial charge in [-0.3, -0.25) is 4.90 Å². The highest BCUT2D eigenvalue weighted by Crippen LogP contribution is 2.26. The van der Waals surface area contributed by atoms with Crippen LogP contribution < -0.4 is 0 Å². The average Bonchev–Trinajstić information content (AvgIpc) is 3.48. The maximum atomic E-state index is 6.11. The van der Waals surface area contributed by atoms with Crippen LogP contribution in [0.3, 0.4) is 0 Å². The predicted octanol–water partition coefficient (Wildman–Crippen LogP) is 4.80. The first-order chi connectivity index (χ1) is 16.2. The molecule has 33 heavy (non-hydrogen) atoms. The van der Waals surface area contributed by atoms with Gasteiger partial charge >= 0.3 is 0 Å². The fourth-order valence-corrected chi connectivity index (χ4v) is 3.88. The fraction of sp³-hybridized carbons (Fsp3) is 0.120. The van der Waals surface area contributed by atoms with Crippen molar-refractivity contribution in [2.45, 2.75) is 13.1 Å². The first-order valence-corrected chi connectivity index (χ1v) is 11.0. The van der Waals surface area contributed by atoms with Gasteiger partial charge in [0.05, 0.1) is 23.6 Å². The standard InChI is InChI=1S/C25H22ClN7/c1-31(18-24-27-29-30-33(24)23-10-6-3-7-11-23)16-20-17-32(22-8-4-2-5-9-22)28-25(20)19-12-14-21(26)15-13-19/h2-15,17H,16,18H2,1H3. The number of aromatic nitrogens is 6. The summed E-state index contributed by atoms with van der Waals surface area (Å²) in [5, 5.41) is 17.9. The van der Waals surface area contributed by atoms with Gasteiger partial charge in [-0.15, -0.1) is 5.10 Å². The van der Waals surface area contributed by atoms with Crippen LogP contribution in [-0.4, -0.2) is 41.9 Å². The zero-order chi connectivity index (χ0) is 22.6.